The van der Waals surface area contributed by atoms with E-state index in [1.807, 2.05) is 0 Å². The van der Waals surface area contributed by atoms with Crippen molar-refractivity contribution in [2.45, 2.75) is 18.8 Å². The summed E-state index contributed by atoms with van der Waals surface area (Å²) in [7, 11) is 0. The molecule has 0 amide bonds. The molecule has 10 heavy (non-hydrogen) atoms. The summed E-state index contributed by atoms with van der Waals surface area (Å²) in [6.45, 7) is -0.649. The molecule has 1 saturated heterocycles. The third kappa shape index (κ3) is 1.57. The third-order valence-electron chi connectivity index (χ3n) is 0.917. The Morgan fingerprint density at radius 3 is 2.10 bits per heavy atom. The van der Waals surface area contributed by atoms with Crippen LogP contribution in [-0.4, -0.2) is 25.4 Å². The summed E-state index contributed by atoms with van der Waals surface area (Å²) in [4.78, 5) is 0. The van der Waals surface area contributed by atoms with E-state index in [1.165, 1.54) is 0 Å². The van der Waals surface area contributed by atoms with Gasteiger partial charge in [0, 0.05) is 0 Å². The van der Waals surface area contributed by atoms with Crippen LogP contribution in [0.2, 0.25) is 0 Å². The molecule has 1 heterocycles. The molecule has 6 heteroatoms. The molecule has 0 saturated carbocycles. The minimum absolute atomic E-state index is 0.649. The molecular weight excluding hydrogens is 156 g/mol. The minimum Gasteiger partial charge on any atom is -0.339 e. The first-order valence-electron chi connectivity index (χ1n) is 2.48. The maximum absolute atomic E-state index is 11.9. The fourth-order valence-corrected chi connectivity index (χ4v) is 0.547. The summed E-state index contributed by atoms with van der Waals surface area (Å²) < 4.78 is 54.0. The smallest absolute Gasteiger partial charge is 0.339 e. The number of halogens is 4. The van der Waals surface area contributed by atoms with E-state index >= 15 is 0 Å². The molecule has 1 aliphatic heterocycles. The molecule has 0 aromatic heterocycles. The number of alkyl halides is 4. The Bertz CT molecular complexity index is 123. The van der Waals surface area contributed by atoms with Gasteiger partial charge in [-0.15, -0.1) is 0 Å². The molecule has 1 aliphatic rings. The van der Waals surface area contributed by atoms with Gasteiger partial charge < -0.3 is 9.47 Å². The predicted octanol–water partition coefficient (Wildman–Crippen LogP) is 1.22. The van der Waals surface area contributed by atoms with E-state index in [2.05, 4.69) is 9.47 Å². The average Bonchev–Trinajstić information content (AvgIpc) is 2.11. The lowest BCUT2D eigenvalue weighted by atomic mass is 10.6. The first-order chi connectivity index (χ1) is 4.50. The zero-order valence-corrected chi connectivity index (χ0v) is 4.69. The molecule has 2 nitrogen and oxygen atoms in total. The Hall–Kier alpha value is -0.360. The van der Waals surface area contributed by atoms with Gasteiger partial charge in [-0.25, -0.2) is 4.39 Å². The second kappa shape index (κ2) is 2.35. The van der Waals surface area contributed by atoms with Crippen molar-refractivity contribution in [3.05, 3.63) is 0 Å². The monoisotopic (exact) mass is 160 g/mol. The van der Waals surface area contributed by atoms with Crippen molar-refractivity contribution in [3.8, 4) is 0 Å². The van der Waals surface area contributed by atoms with Crippen molar-refractivity contribution in [2.75, 3.05) is 6.61 Å². The highest BCUT2D eigenvalue weighted by molar-refractivity contribution is 4.63. The second-order valence-electron chi connectivity index (χ2n) is 1.75. The minimum atomic E-state index is -4.62. The summed E-state index contributed by atoms with van der Waals surface area (Å²) in [6.07, 6.45) is -8.96. The standard InChI is InChI=1S/C4H4F4O2/c5-2-1-9-3(10-2)4(6,7)8/h2-3H,1H2. The normalized spacial score (nSPS) is 34.8. The Labute approximate surface area is 53.7 Å². The summed E-state index contributed by atoms with van der Waals surface area (Å²) in [5.41, 5.74) is 0. The van der Waals surface area contributed by atoms with Gasteiger partial charge in [-0.3, -0.25) is 0 Å². The molecule has 0 aliphatic carbocycles. The molecule has 0 N–H and O–H groups in total. The van der Waals surface area contributed by atoms with E-state index in [1.54, 1.807) is 0 Å². The van der Waals surface area contributed by atoms with Crippen LogP contribution in [0.1, 0.15) is 0 Å². The van der Waals surface area contributed by atoms with Crippen LogP contribution < -0.4 is 0 Å². The summed E-state index contributed by atoms with van der Waals surface area (Å²) in [5.74, 6) is 0. The van der Waals surface area contributed by atoms with E-state index in [-0.39, 0.29) is 0 Å². The van der Waals surface area contributed by atoms with Crippen LogP contribution >= 0.6 is 0 Å². The van der Waals surface area contributed by atoms with Crippen molar-refractivity contribution in [1.82, 2.24) is 0 Å². The largest absolute Gasteiger partial charge is 0.440 e. The lowest BCUT2D eigenvalue weighted by Crippen LogP contribution is -2.29. The van der Waals surface area contributed by atoms with Crippen LogP contribution in [0.25, 0.3) is 0 Å². The highest BCUT2D eigenvalue weighted by Crippen LogP contribution is 2.28. The molecule has 2 unspecified atom stereocenters. The Morgan fingerprint density at radius 1 is 1.30 bits per heavy atom. The number of ether oxygens (including phenoxy) is 2. The number of hydrogen-bond donors (Lipinski definition) is 0. The Kier molecular flexibility index (Phi) is 1.82. The first kappa shape index (κ1) is 7.74. The van der Waals surface area contributed by atoms with Gasteiger partial charge in [0.15, 0.2) is 0 Å². The average molecular weight is 160 g/mol. The van der Waals surface area contributed by atoms with E-state index in [0.29, 0.717) is 0 Å². The van der Waals surface area contributed by atoms with Crippen LogP contribution in [-0.2, 0) is 9.47 Å². The number of rotatable bonds is 0. The van der Waals surface area contributed by atoms with Gasteiger partial charge in [-0.05, 0) is 0 Å². The van der Waals surface area contributed by atoms with Crippen molar-refractivity contribution in [3.63, 3.8) is 0 Å². The molecule has 1 rings (SSSR count). The summed E-state index contributed by atoms with van der Waals surface area (Å²) in [5, 5.41) is 0. The van der Waals surface area contributed by atoms with Gasteiger partial charge in [-0.1, -0.05) is 0 Å². The Morgan fingerprint density at radius 2 is 1.90 bits per heavy atom. The highest BCUT2D eigenvalue weighted by Gasteiger charge is 2.47. The van der Waals surface area contributed by atoms with E-state index in [9.17, 15) is 17.6 Å². The topological polar surface area (TPSA) is 18.5 Å². The van der Waals surface area contributed by atoms with Gasteiger partial charge in [-0.2, -0.15) is 13.2 Å². The summed E-state index contributed by atoms with van der Waals surface area (Å²) >= 11 is 0. The van der Waals surface area contributed by atoms with Crippen LogP contribution in [0.5, 0.6) is 0 Å². The van der Waals surface area contributed by atoms with Crippen molar-refractivity contribution >= 4 is 0 Å². The predicted molar refractivity (Wildman–Crippen MR) is 21.8 cm³/mol. The first-order valence-corrected chi connectivity index (χ1v) is 2.48. The van der Waals surface area contributed by atoms with Crippen molar-refractivity contribution in [2.24, 2.45) is 0 Å². The fraction of sp³-hybridized carbons (Fsp3) is 1.00. The quantitative estimate of drug-likeness (QED) is 0.496. The molecular formula is C4H4F4O2. The zero-order valence-electron chi connectivity index (χ0n) is 4.69. The van der Waals surface area contributed by atoms with Crippen molar-refractivity contribution < 1.29 is 27.0 Å². The second-order valence-corrected chi connectivity index (χ2v) is 1.75. The van der Waals surface area contributed by atoms with Gasteiger partial charge in [0.1, 0.15) is 6.61 Å². The molecule has 60 valence electrons. The molecule has 0 aromatic carbocycles. The molecule has 1 fully saturated rings. The molecule has 0 spiro atoms. The summed E-state index contributed by atoms with van der Waals surface area (Å²) in [6, 6.07) is 0. The molecule has 2 atom stereocenters. The SMILES string of the molecule is FC1COC(C(F)(F)F)O1. The van der Waals surface area contributed by atoms with E-state index < -0.39 is 25.4 Å². The van der Waals surface area contributed by atoms with E-state index in [0.717, 1.165) is 0 Å². The van der Waals surface area contributed by atoms with Crippen LogP contribution in [0.15, 0.2) is 0 Å². The van der Waals surface area contributed by atoms with Crippen LogP contribution in [0, 0.1) is 0 Å². The molecule has 0 aromatic rings. The zero-order chi connectivity index (χ0) is 7.78. The highest BCUT2D eigenvalue weighted by atomic mass is 19.4. The van der Waals surface area contributed by atoms with Crippen LogP contribution in [0.4, 0.5) is 17.6 Å². The van der Waals surface area contributed by atoms with Gasteiger partial charge in [0.05, 0.1) is 0 Å². The fourth-order valence-electron chi connectivity index (χ4n) is 0.547. The van der Waals surface area contributed by atoms with E-state index in [4.69, 9.17) is 0 Å². The van der Waals surface area contributed by atoms with Gasteiger partial charge >= 0.3 is 6.18 Å². The molecule has 0 bridgehead atoms. The third-order valence-corrected chi connectivity index (χ3v) is 0.917. The lowest BCUT2D eigenvalue weighted by Gasteiger charge is -2.11. The van der Waals surface area contributed by atoms with Gasteiger partial charge in [0.2, 0.25) is 6.36 Å². The maximum Gasteiger partial charge on any atom is 0.440 e. The number of hydrogen-bond acceptors (Lipinski definition) is 2. The van der Waals surface area contributed by atoms with Crippen LogP contribution in [0.3, 0.4) is 0 Å². The maximum atomic E-state index is 11.9. The molecule has 0 radical (unpaired) electrons. The lowest BCUT2D eigenvalue weighted by molar-refractivity contribution is -0.282. The van der Waals surface area contributed by atoms with Gasteiger partial charge in [0.25, 0.3) is 6.29 Å². The Balaban J connectivity index is 2.45. The van der Waals surface area contributed by atoms with Crippen molar-refractivity contribution in [1.29, 1.82) is 0 Å².